The predicted octanol–water partition coefficient (Wildman–Crippen LogP) is 5.08. The molecule has 4 aromatic rings. The summed E-state index contributed by atoms with van der Waals surface area (Å²) < 4.78 is 36.3. The van der Waals surface area contributed by atoms with Gasteiger partial charge in [-0.05, 0) is 67.1 Å². The van der Waals surface area contributed by atoms with Crippen LogP contribution in [0.2, 0.25) is 0 Å². The molecule has 0 aliphatic heterocycles. The summed E-state index contributed by atoms with van der Waals surface area (Å²) in [4.78, 5) is 15.1. The summed E-state index contributed by atoms with van der Waals surface area (Å²) in [5.41, 5.74) is 1.76. The van der Waals surface area contributed by atoms with Crippen molar-refractivity contribution in [1.82, 2.24) is 4.83 Å². The Balaban J connectivity index is 1.62. The van der Waals surface area contributed by atoms with Gasteiger partial charge in [0.25, 0.3) is 10.0 Å². The number of fused-ring (bicyclic) bond motifs is 1. The number of hydrogen-bond donors (Lipinski definition) is 1. The molecule has 0 spiro atoms. The standard InChI is InChI=1S/C27H24N2O5S/c1-3-33-22-13-10-21(11-14-22)27(30)34-26-17-12-20-6-4-5-7-24(20)25(26)18-28-29-35(31,32)23-15-8-19(2)9-16-23/h4-18,29H,3H2,1-2H3. The summed E-state index contributed by atoms with van der Waals surface area (Å²) in [7, 11) is -3.86. The lowest BCUT2D eigenvalue weighted by Crippen LogP contribution is -2.18. The van der Waals surface area contributed by atoms with Gasteiger partial charge in [-0.25, -0.2) is 9.63 Å². The van der Waals surface area contributed by atoms with Gasteiger partial charge in [-0.3, -0.25) is 0 Å². The molecule has 0 unspecified atom stereocenters. The third kappa shape index (κ3) is 5.67. The molecule has 7 nitrogen and oxygen atoms in total. The van der Waals surface area contributed by atoms with Gasteiger partial charge in [0, 0.05) is 5.56 Å². The second-order valence-corrected chi connectivity index (χ2v) is 9.37. The van der Waals surface area contributed by atoms with E-state index in [9.17, 15) is 13.2 Å². The SMILES string of the molecule is CCOc1ccc(C(=O)Oc2ccc3ccccc3c2C=NNS(=O)(=O)c2ccc(C)cc2)cc1. The fourth-order valence-corrected chi connectivity index (χ4v) is 4.23. The number of hydrazone groups is 1. The van der Waals surface area contributed by atoms with E-state index in [0.29, 0.717) is 23.5 Å². The predicted molar refractivity (Wildman–Crippen MR) is 136 cm³/mol. The molecule has 0 atom stereocenters. The number of rotatable bonds is 8. The number of nitrogens with zero attached hydrogens (tertiary/aromatic N) is 1. The number of sulfonamides is 1. The molecule has 0 bridgehead atoms. The minimum atomic E-state index is -3.86. The van der Waals surface area contributed by atoms with Gasteiger partial charge in [-0.15, -0.1) is 0 Å². The van der Waals surface area contributed by atoms with Crippen molar-refractivity contribution < 1.29 is 22.7 Å². The van der Waals surface area contributed by atoms with Crippen molar-refractivity contribution in [1.29, 1.82) is 0 Å². The van der Waals surface area contributed by atoms with Gasteiger partial charge in [0.2, 0.25) is 0 Å². The van der Waals surface area contributed by atoms with Crippen LogP contribution in [0.1, 0.15) is 28.4 Å². The summed E-state index contributed by atoms with van der Waals surface area (Å²) in [5, 5.41) is 5.60. The minimum Gasteiger partial charge on any atom is -0.494 e. The summed E-state index contributed by atoms with van der Waals surface area (Å²) in [5.74, 6) is 0.350. The zero-order valence-corrected chi connectivity index (χ0v) is 20.1. The molecule has 0 fully saturated rings. The van der Waals surface area contributed by atoms with Gasteiger partial charge >= 0.3 is 5.97 Å². The number of ether oxygens (including phenoxy) is 2. The maximum absolute atomic E-state index is 12.8. The number of benzene rings is 4. The Morgan fingerprint density at radius 2 is 1.66 bits per heavy atom. The number of aryl methyl sites for hydroxylation is 1. The Hall–Kier alpha value is -4.17. The first kappa shape index (κ1) is 24.0. The van der Waals surface area contributed by atoms with E-state index in [1.165, 1.54) is 18.3 Å². The second kappa shape index (κ2) is 10.4. The Morgan fingerprint density at radius 1 is 0.943 bits per heavy atom. The number of hydrogen-bond acceptors (Lipinski definition) is 6. The van der Waals surface area contributed by atoms with Crippen LogP contribution in [0.25, 0.3) is 10.8 Å². The summed E-state index contributed by atoms with van der Waals surface area (Å²) in [6, 6.07) is 24.0. The van der Waals surface area contributed by atoms with E-state index in [4.69, 9.17) is 9.47 Å². The van der Waals surface area contributed by atoms with E-state index in [2.05, 4.69) is 9.93 Å². The summed E-state index contributed by atoms with van der Waals surface area (Å²) in [6.45, 7) is 4.28. The molecule has 0 heterocycles. The number of nitrogens with one attached hydrogen (secondary N) is 1. The fourth-order valence-electron chi connectivity index (χ4n) is 3.44. The highest BCUT2D eigenvalue weighted by molar-refractivity contribution is 7.89. The highest BCUT2D eigenvalue weighted by atomic mass is 32.2. The molecular formula is C27H24N2O5S. The minimum absolute atomic E-state index is 0.0975. The second-order valence-electron chi connectivity index (χ2n) is 7.71. The molecule has 1 N–H and O–H groups in total. The van der Waals surface area contributed by atoms with Crippen LogP contribution in [0, 0.1) is 6.92 Å². The Bertz CT molecular complexity index is 1480. The zero-order chi connectivity index (χ0) is 24.8. The summed E-state index contributed by atoms with van der Waals surface area (Å²) >= 11 is 0. The first-order valence-corrected chi connectivity index (χ1v) is 12.4. The van der Waals surface area contributed by atoms with Crippen LogP contribution in [0.3, 0.4) is 0 Å². The van der Waals surface area contributed by atoms with Gasteiger partial charge in [0.1, 0.15) is 11.5 Å². The van der Waals surface area contributed by atoms with Crippen LogP contribution < -0.4 is 14.3 Å². The molecule has 0 saturated carbocycles. The number of carbonyl (C=O) groups is 1. The van der Waals surface area contributed by atoms with Crippen molar-refractivity contribution in [3.8, 4) is 11.5 Å². The van der Waals surface area contributed by atoms with Crippen molar-refractivity contribution in [2.24, 2.45) is 5.10 Å². The lowest BCUT2D eigenvalue weighted by atomic mass is 10.0. The number of esters is 1. The highest BCUT2D eigenvalue weighted by Gasteiger charge is 2.15. The quantitative estimate of drug-likeness (QED) is 0.162. The molecule has 178 valence electrons. The largest absolute Gasteiger partial charge is 0.494 e. The molecule has 0 radical (unpaired) electrons. The Labute approximate surface area is 204 Å². The molecular weight excluding hydrogens is 464 g/mol. The molecule has 0 aromatic heterocycles. The van der Waals surface area contributed by atoms with Crippen LogP contribution in [-0.2, 0) is 10.0 Å². The average molecular weight is 489 g/mol. The van der Waals surface area contributed by atoms with Gasteiger partial charge < -0.3 is 9.47 Å². The molecule has 4 rings (SSSR count). The zero-order valence-electron chi connectivity index (χ0n) is 19.3. The van der Waals surface area contributed by atoms with Crippen LogP contribution >= 0.6 is 0 Å². The molecule has 0 amide bonds. The Kier molecular flexibility index (Phi) is 7.12. The van der Waals surface area contributed by atoms with E-state index < -0.39 is 16.0 Å². The third-order valence-corrected chi connectivity index (χ3v) is 6.47. The van der Waals surface area contributed by atoms with Crippen molar-refractivity contribution in [2.45, 2.75) is 18.7 Å². The van der Waals surface area contributed by atoms with Gasteiger partial charge in [0.05, 0.1) is 23.3 Å². The van der Waals surface area contributed by atoms with Crippen LogP contribution in [0.15, 0.2) is 94.9 Å². The van der Waals surface area contributed by atoms with E-state index in [0.717, 1.165) is 16.3 Å². The average Bonchev–Trinajstić information content (AvgIpc) is 2.86. The van der Waals surface area contributed by atoms with Gasteiger partial charge in [-0.1, -0.05) is 48.0 Å². The van der Waals surface area contributed by atoms with Crippen molar-refractivity contribution in [3.05, 3.63) is 102 Å². The third-order valence-electron chi connectivity index (χ3n) is 5.23. The fraction of sp³-hybridized carbons (Fsp3) is 0.111. The van der Waals surface area contributed by atoms with Crippen LogP contribution in [-0.4, -0.2) is 27.2 Å². The lowest BCUT2D eigenvalue weighted by molar-refractivity contribution is 0.0734. The molecule has 0 saturated heterocycles. The highest BCUT2D eigenvalue weighted by Crippen LogP contribution is 2.28. The first-order chi connectivity index (χ1) is 16.9. The lowest BCUT2D eigenvalue weighted by Gasteiger charge is -2.11. The van der Waals surface area contributed by atoms with Crippen LogP contribution in [0.5, 0.6) is 11.5 Å². The van der Waals surface area contributed by atoms with Crippen molar-refractivity contribution in [3.63, 3.8) is 0 Å². The Morgan fingerprint density at radius 3 is 2.37 bits per heavy atom. The van der Waals surface area contributed by atoms with Crippen molar-refractivity contribution >= 4 is 33.0 Å². The topological polar surface area (TPSA) is 94.1 Å². The maximum atomic E-state index is 12.8. The smallest absolute Gasteiger partial charge is 0.343 e. The summed E-state index contributed by atoms with van der Waals surface area (Å²) in [6.07, 6.45) is 1.34. The molecule has 4 aromatic carbocycles. The van der Waals surface area contributed by atoms with Gasteiger partial charge in [-0.2, -0.15) is 13.5 Å². The first-order valence-electron chi connectivity index (χ1n) is 11.0. The van der Waals surface area contributed by atoms with Crippen LogP contribution in [0.4, 0.5) is 0 Å². The van der Waals surface area contributed by atoms with Gasteiger partial charge in [0.15, 0.2) is 0 Å². The maximum Gasteiger partial charge on any atom is 0.343 e. The van der Waals surface area contributed by atoms with E-state index in [1.54, 1.807) is 42.5 Å². The van der Waals surface area contributed by atoms with E-state index >= 15 is 0 Å². The molecule has 0 aliphatic carbocycles. The normalized spacial score (nSPS) is 11.5. The molecule has 35 heavy (non-hydrogen) atoms. The molecule has 0 aliphatic rings. The van der Waals surface area contributed by atoms with E-state index in [1.807, 2.05) is 44.2 Å². The monoisotopic (exact) mass is 488 g/mol. The van der Waals surface area contributed by atoms with Crippen molar-refractivity contribution in [2.75, 3.05) is 6.61 Å². The van der Waals surface area contributed by atoms with E-state index in [-0.39, 0.29) is 10.6 Å². The molecule has 8 heteroatoms. The number of carbonyl (C=O) groups excluding carboxylic acids is 1.